The monoisotopic (exact) mass is 230 g/mol. The average Bonchev–Trinajstić information content (AvgIpc) is 2.33. The van der Waals surface area contributed by atoms with Crippen molar-refractivity contribution in [2.45, 2.75) is 26.7 Å². The van der Waals surface area contributed by atoms with Gasteiger partial charge in [-0.25, -0.2) is 9.78 Å². The molecule has 0 aromatic carbocycles. The van der Waals surface area contributed by atoms with Crippen molar-refractivity contribution in [1.82, 2.24) is 9.80 Å². The van der Waals surface area contributed by atoms with E-state index in [0.717, 1.165) is 6.54 Å². The molecule has 4 nitrogen and oxygen atoms in total. The Morgan fingerprint density at radius 1 is 0.875 bits per heavy atom. The molecule has 1 aliphatic rings. The van der Waals surface area contributed by atoms with Gasteiger partial charge in [-0.15, -0.1) is 0 Å². The van der Waals surface area contributed by atoms with Crippen LogP contribution >= 0.6 is 0 Å². The predicted octanol–water partition coefficient (Wildman–Crippen LogP) is 1.37. The van der Waals surface area contributed by atoms with Crippen LogP contribution in [0.15, 0.2) is 0 Å². The zero-order valence-corrected chi connectivity index (χ0v) is 10.8. The first-order valence-electron chi connectivity index (χ1n) is 6.56. The third-order valence-electron chi connectivity index (χ3n) is 2.98. The summed E-state index contributed by atoms with van der Waals surface area (Å²) in [7, 11) is 0. The summed E-state index contributed by atoms with van der Waals surface area (Å²) in [6.45, 7) is 12.5. The average molecular weight is 230 g/mol. The number of nitrogens with zero attached hydrogens (tertiary/aromatic N) is 2. The molecule has 0 aromatic rings. The van der Waals surface area contributed by atoms with Crippen LogP contribution in [-0.2, 0) is 9.78 Å². The minimum absolute atomic E-state index is 0.630. The third-order valence-corrected chi connectivity index (χ3v) is 2.98. The van der Waals surface area contributed by atoms with Crippen molar-refractivity contribution in [2.24, 2.45) is 0 Å². The van der Waals surface area contributed by atoms with Gasteiger partial charge in [0, 0.05) is 32.7 Å². The molecule has 0 aromatic heterocycles. The first-order valence-corrected chi connectivity index (χ1v) is 6.56. The Morgan fingerprint density at radius 3 is 2.06 bits per heavy atom. The molecule has 1 rings (SSSR count). The fourth-order valence-corrected chi connectivity index (χ4v) is 1.93. The normalized spacial score (nSPS) is 19.1. The van der Waals surface area contributed by atoms with Crippen molar-refractivity contribution < 1.29 is 9.78 Å². The standard InChI is InChI=1S/C12H26N2O2/c1-3-5-6-13-7-9-14(10-8-13)11-12-16-15-4-2/h3-12H2,1-2H3. The zero-order chi connectivity index (χ0) is 11.6. The van der Waals surface area contributed by atoms with Crippen molar-refractivity contribution in [3.63, 3.8) is 0 Å². The van der Waals surface area contributed by atoms with Gasteiger partial charge in [0.05, 0.1) is 13.2 Å². The minimum atomic E-state index is 0.630. The lowest BCUT2D eigenvalue weighted by molar-refractivity contribution is -0.292. The van der Waals surface area contributed by atoms with Gasteiger partial charge in [0.15, 0.2) is 0 Å². The summed E-state index contributed by atoms with van der Waals surface area (Å²) in [5.41, 5.74) is 0. The molecule has 1 fully saturated rings. The SMILES string of the molecule is CCCCN1CCN(CCOOCC)CC1. The van der Waals surface area contributed by atoms with Gasteiger partial charge < -0.3 is 4.90 Å². The summed E-state index contributed by atoms with van der Waals surface area (Å²) >= 11 is 0. The number of hydrogen-bond donors (Lipinski definition) is 0. The van der Waals surface area contributed by atoms with Crippen LogP contribution in [-0.4, -0.2) is 62.3 Å². The maximum Gasteiger partial charge on any atom is 0.0949 e. The molecular formula is C12H26N2O2. The van der Waals surface area contributed by atoms with Gasteiger partial charge in [0.1, 0.15) is 0 Å². The fourth-order valence-electron chi connectivity index (χ4n) is 1.93. The van der Waals surface area contributed by atoms with Crippen molar-refractivity contribution in [1.29, 1.82) is 0 Å². The molecule has 0 bridgehead atoms. The summed E-state index contributed by atoms with van der Waals surface area (Å²) in [5, 5.41) is 0. The Morgan fingerprint density at radius 2 is 1.50 bits per heavy atom. The van der Waals surface area contributed by atoms with E-state index >= 15 is 0 Å². The molecule has 0 aliphatic carbocycles. The smallest absolute Gasteiger partial charge is 0.0949 e. The van der Waals surface area contributed by atoms with Gasteiger partial charge in [-0.2, -0.15) is 0 Å². The van der Waals surface area contributed by atoms with Gasteiger partial charge in [-0.1, -0.05) is 13.3 Å². The molecule has 1 saturated heterocycles. The van der Waals surface area contributed by atoms with Crippen LogP contribution in [0.1, 0.15) is 26.7 Å². The van der Waals surface area contributed by atoms with E-state index in [1.807, 2.05) is 6.92 Å². The van der Waals surface area contributed by atoms with Gasteiger partial charge >= 0.3 is 0 Å². The predicted molar refractivity (Wildman–Crippen MR) is 65.4 cm³/mol. The van der Waals surface area contributed by atoms with E-state index < -0.39 is 0 Å². The quantitative estimate of drug-likeness (QED) is 0.357. The van der Waals surface area contributed by atoms with Crippen molar-refractivity contribution >= 4 is 0 Å². The first-order chi connectivity index (χ1) is 7.86. The lowest BCUT2D eigenvalue weighted by Gasteiger charge is -2.34. The van der Waals surface area contributed by atoms with Gasteiger partial charge in [-0.05, 0) is 19.9 Å². The number of hydrogen-bond acceptors (Lipinski definition) is 4. The van der Waals surface area contributed by atoms with Crippen molar-refractivity contribution in [3.8, 4) is 0 Å². The number of piperazine rings is 1. The molecule has 16 heavy (non-hydrogen) atoms. The number of rotatable bonds is 8. The molecule has 4 heteroatoms. The molecule has 0 spiro atoms. The molecule has 0 radical (unpaired) electrons. The van der Waals surface area contributed by atoms with Crippen LogP contribution in [0.25, 0.3) is 0 Å². The van der Waals surface area contributed by atoms with Crippen LogP contribution in [0.5, 0.6) is 0 Å². The second-order valence-electron chi connectivity index (χ2n) is 4.27. The van der Waals surface area contributed by atoms with Crippen molar-refractivity contribution in [2.75, 3.05) is 52.5 Å². The van der Waals surface area contributed by atoms with Crippen LogP contribution < -0.4 is 0 Å². The van der Waals surface area contributed by atoms with Crippen LogP contribution in [0.4, 0.5) is 0 Å². The highest BCUT2D eigenvalue weighted by Gasteiger charge is 2.15. The largest absolute Gasteiger partial charge is 0.301 e. The molecule has 1 heterocycles. The van der Waals surface area contributed by atoms with Gasteiger partial charge in [0.2, 0.25) is 0 Å². The lowest BCUT2D eigenvalue weighted by atomic mass is 10.2. The van der Waals surface area contributed by atoms with E-state index in [1.165, 1.54) is 45.6 Å². The third kappa shape index (κ3) is 5.80. The van der Waals surface area contributed by atoms with E-state index in [0.29, 0.717) is 13.2 Å². The Kier molecular flexibility index (Phi) is 7.76. The van der Waals surface area contributed by atoms with E-state index in [2.05, 4.69) is 16.7 Å². The Balaban J connectivity index is 1.98. The maximum atomic E-state index is 5.02. The topological polar surface area (TPSA) is 24.9 Å². The molecule has 96 valence electrons. The van der Waals surface area contributed by atoms with E-state index in [1.54, 1.807) is 0 Å². The molecule has 0 amide bonds. The first kappa shape index (κ1) is 13.9. The Labute approximate surface area is 99.4 Å². The van der Waals surface area contributed by atoms with Crippen LogP contribution in [0, 0.1) is 0 Å². The summed E-state index contributed by atoms with van der Waals surface area (Å²) in [4.78, 5) is 14.9. The lowest BCUT2D eigenvalue weighted by Crippen LogP contribution is -2.47. The fraction of sp³-hybridized carbons (Fsp3) is 1.00. The van der Waals surface area contributed by atoms with Crippen LogP contribution in [0.2, 0.25) is 0 Å². The Bertz CT molecular complexity index is 159. The van der Waals surface area contributed by atoms with Gasteiger partial charge in [-0.3, -0.25) is 4.90 Å². The number of unbranched alkanes of at least 4 members (excludes halogenated alkanes) is 1. The van der Waals surface area contributed by atoms with E-state index in [4.69, 9.17) is 9.78 Å². The summed E-state index contributed by atoms with van der Waals surface area (Å²) in [6.07, 6.45) is 2.62. The highest BCUT2D eigenvalue weighted by Crippen LogP contribution is 2.03. The van der Waals surface area contributed by atoms with E-state index in [-0.39, 0.29) is 0 Å². The second-order valence-corrected chi connectivity index (χ2v) is 4.27. The molecule has 0 atom stereocenters. The van der Waals surface area contributed by atoms with E-state index in [9.17, 15) is 0 Å². The maximum absolute atomic E-state index is 5.02. The summed E-state index contributed by atoms with van der Waals surface area (Å²) in [5.74, 6) is 0. The van der Waals surface area contributed by atoms with Gasteiger partial charge in [0.25, 0.3) is 0 Å². The summed E-state index contributed by atoms with van der Waals surface area (Å²) in [6, 6.07) is 0. The van der Waals surface area contributed by atoms with Crippen molar-refractivity contribution in [3.05, 3.63) is 0 Å². The molecule has 0 saturated carbocycles. The molecule has 0 unspecified atom stereocenters. The molecule has 0 N–H and O–H groups in total. The molecule has 1 aliphatic heterocycles. The Hall–Kier alpha value is -0.160. The highest BCUT2D eigenvalue weighted by molar-refractivity contribution is 4.71. The van der Waals surface area contributed by atoms with Crippen LogP contribution in [0.3, 0.4) is 0 Å². The summed E-state index contributed by atoms with van der Waals surface area (Å²) < 4.78 is 0. The zero-order valence-electron chi connectivity index (χ0n) is 10.8. The minimum Gasteiger partial charge on any atom is -0.301 e. The highest BCUT2D eigenvalue weighted by atomic mass is 17.2. The second kappa shape index (κ2) is 8.93. The molecular weight excluding hydrogens is 204 g/mol.